The summed E-state index contributed by atoms with van der Waals surface area (Å²) >= 11 is 0. The molecular formula is C14H18O. The molecule has 0 aromatic heterocycles. The van der Waals surface area contributed by atoms with E-state index >= 15 is 0 Å². The number of hydrogen-bond donors (Lipinski definition) is 1. The van der Waals surface area contributed by atoms with Crippen LogP contribution in [0.5, 0.6) is 0 Å². The third-order valence-electron chi connectivity index (χ3n) is 6.06. The standard InChI is InChI=1S/C14H18O/c1-7-5-11(15)12-10-3-4-14(10)6-9(8(7)2)13(12)14/h5,9-10,12-13,15H,3-4,6H2,1-2H3. The van der Waals surface area contributed by atoms with E-state index in [1.807, 2.05) is 6.08 Å². The number of allylic oxidation sites excluding steroid dienone is 4. The second kappa shape index (κ2) is 2.18. The predicted octanol–water partition coefficient (Wildman–Crippen LogP) is 3.44. The Morgan fingerprint density at radius 2 is 2.20 bits per heavy atom. The fourth-order valence-corrected chi connectivity index (χ4v) is 5.08. The highest BCUT2D eigenvalue weighted by atomic mass is 16.3. The molecule has 0 heterocycles. The van der Waals surface area contributed by atoms with Crippen LogP contribution in [0.25, 0.3) is 0 Å². The molecule has 4 aliphatic rings. The Balaban J connectivity index is 1.83. The van der Waals surface area contributed by atoms with E-state index in [1.54, 1.807) is 5.57 Å². The maximum absolute atomic E-state index is 10.2. The molecule has 0 radical (unpaired) electrons. The van der Waals surface area contributed by atoms with Crippen LogP contribution < -0.4 is 0 Å². The molecule has 15 heavy (non-hydrogen) atoms. The summed E-state index contributed by atoms with van der Waals surface area (Å²) in [5.74, 6) is 3.68. The van der Waals surface area contributed by atoms with Crippen molar-refractivity contribution in [2.24, 2.45) is 29.1 Å². The lowest BCUT2D eigenvalue weighted by atomic mass is 9.26. The molecule has 1 nitrogen and oxygen atoms in total. The maximum atomic E-state index is 10.2. The van der Waals surface area contributed by atoms with Crippen LogP contribution in [-0.2, 0) is 0 Å². The summed E-state index contributed by atoms with van der Waals surface area (Å²) in [6.45, 7) is 4.42. The second-order valence-corrected chi connectivity index (χ2v) is 6.18. The van der Waals surface area contributed by atoms with E-state index in [1.165, 1.54) is 24.8 Å². The number of hydrogen-bond acceptors (Lipinski definition) is 1. The topological polar surface area (TPSA) is 20.2 Å². The van der Waals surface area contributed by atoms with Crippen LogP contribution in [0.2, 0.25) is 0 Å². The van der Waals surface area contributed by atoms with Crippen molar-refractivity contribution in [2.45, 2.75) is 33.1 Å². The van der Waals surface area contributed by atoms with E-state index in [9.17, 15) is 5.11 Å². The molecule has 3 fully saturated rings. The summed E-state index contributed by atoms with van der Waals surface area (Å²) < 4.78 is 0. The van der Waals surface area contributed by atoms with E-state index < -0.39 is 0 Å². The third-order valence-corrected chi connectivity index (χ3v) is 6.06. The summed E-state index contributed by atoms with van der Waals surface area (Å²) in [4.78, 5) is 0. The van der Waals surface area contributed by atoms with Gasteiger partial charge in [0.25, 0.3) is 0 Å². The maximum Gasteiger partial charge on any atom is 0.0962 e. The number of rotatable bonds is 0. The summed E-state index contributed by atoms with van der Waals surface area (Å²) in [7, 11) is 0. The smallest absolute Gasteiger partial charge is 0.0962 e. The first-order valence-corrected chi connectivity index (χ1v) is 6.23. The van der Waals surface area contributed by atoms with Crippen LogP contribution in [-0.4, -0.2) is 5.11 Å². The second-order valence-electron chi connectivity index (χ2n) is 6.18. The minimum absolute atomic E-state index is 0.532. The van der Waals surface area contributed by atoms with E-state index in [-0.39, 0.29) is 0 Å². The first-order valence-electron chi connectivity index (χ1n) is 6.23. The highest BCUT2D eigenvalue weighted by Crippen LogP contribution is 2.81. The quantitative estimate of drug-likeness (QED) is 0.638. The lowest BCUT2D eigenvalue weighted by Gasteiger charge is -2.78. The monoisotopic (exact) mass is 202 g/mol. The first kappa shape index (κ1) is 8.43. The van der Waals surface area contributed by atoms with E-state index in [2.05, 4.69) is 13.8 Å². The molecule has 1 heteroatoms. The summed E-state index contributed by atoms with van der Waals surface area (Å²) in [5, 5.41) is 10.2. The van der Waals surface area contributed by atoms with Gasteiger partial charge in [-0.1, -0.05) is 5.57 Å². The van der Waals surface area contributed by atoms with Crippen LogP contribution in [0.1, 0.15) is 33.1 Å². The number of aliphatic hydroxyl groups is 1. The van der Waals surface area contributed by atoms with Gasteiger partial charge in [0.2, 0.25) is 0 Å². The van der Waals surface area contributed by atoms with Gasteiger partial charge in [-0.05, 0) is 67.9 Å². The molecule has 1 N–H and O–H groups in total. The van der Waals surface area contributed by atoms with Crippen LogP contribution in [0, 0.1) is 29.1 Å². The zero-order chi connectivity index (χ0) is 10.4. The molecule has 0 aliphatic heterocycles. The summed E-state index contributed by atoms with van der Waals surface area (Å²) in [6.07, 6.45) is 6.27. The van der Waals surface area contributed by atoms with Crippen LogP contribution >= 0.6 is 0 Å². The van der Waals surface area contributed by atoms with Crippen molar-refractivity contribution in [1.82, 2.24) is 0 Å². The molecule has 1 spiro atoms. The van der Waals surface area contributed by atoms with Gasteiger partial charge in [-0.25, -0.2) is 0 Å². The Bertz CT molecular complexity index is 417. The zero-order valence-corrected chi connectivity index (χ0v) is 9.46. The molecule has 0 amide bonds. The molecule has 0 aromatic rings. The Hall–Kier alpha value is -0.720. The molecule has 5 atom stereocenters. The Morgan fingerprint density at radius 3 is 2.87 bits per heavy atom. The highest BCUT2D eigenvalue weighted by molar-refractivity contribution is 5.40. The summed E-state index contributed by atoms with van der Waals surface area (Å²) in [5.41, 5.74) is 3.56. The molecule has 4 rings (SSSR count). The van der Waals surface area contributed by atoms with Crippen LogP contribution in [0.4, 0.5) is 0 Å². The van der Waals surface area contributed by atoms with Gasteiger partial charge in [0, 0.05) is 5.92 Å². The van der Waals surface area contributed by atoms with Gasteiger partial charge < -0.3 is 5.11 Å². The fourth-order valence-electron chi connectivity index (χ4n) is 5.08. The molecule has 0 bridgehead atoms. The third kappa shape index (κ3) is 0.668. The van der Waals surface area contributed by atoms with Crippen molar-refractivity contribution in [3.05, 3.63) is 23.0 Å². The Labute approximate surface area is 90.9 Å². The number of aliphatic hydroxyl groups excluding tert-OH is 1. The van der Waals surface area contributed by atoms with Gasteiger partial charge in [-0.3, -0.25) is 0 Å². The molecule has 4 aliphatic carbocycles. The average molecular weight is 202 g/mol. The largest absolute Gasteiger partial charge is 0.512 e. The zero-order valence-electron chi connectivity index (χ0n) is 9.46. The molecule has 5 unspecified atom stereocenters. The van der Waals surface area contributed by atoms with Crippen molar-refractivity contribution < 1.29 is 5.11 Å². The van der Waals surface area contributed by atoms with Gasteiger partial charge in [0.05, 0.1) is 5.76 Å². The van der Waals surface area contributed by atoms with Crippen molar-refractivity contribution in [3.8, 4) is 0 Å². The minimum atomic E-state index is 0.532. The van der Waals surface area contributed by atoms with Crippen molar-refractivity contribution in [2.75, 3.05) is 0 Å². The van der Waals surface area contributed by atoms with Crippen LogP contribution in [0.15, 0.2) is 23.0 Å². The fraction of sp³-hybridized carbons (Fsp3) is 0.714. The first-order chi connectivity index (χ1) is 7.15. The van der Waals surface area contributed by atoms with Gasteiger partial charge in [0.15, 0.2) is 0 Å². The van der Waals surface area contributed by atoms with Gasteiger partial charge in [-0.2, -0.15) is 0 Å². The molecule has 0 aromatic carbocycles. The van der Waals surface area contributed by atoms with Crippen molar-refractivity contribution >= 4 is 0 Å². The van der Waals surface area contributed by atoms with Crippen molar-refractivity contribution in [3.63, 3.8) is 0 Å². The molecular weight excluding hydrogens is 184 g/mol. The van der Waals surface area contributed by atoms with Gasteiger partial charge in [-0.15, -0.1) is 0 Å². The molecule has 0 saturated heterocycles. The van der Waals surface area contributed by atoms with E-state index in [0.717, 1.165) is 17.8 Å². The van der Waals surface area contributed by atoms with Crippen LogP contribution in [0.3, 0.4) is 0 Å². The van der Waals surface area contributed by atoms with Crippen molar-refractivity contribution in [1.29, 1.82) is 0 Å². The Morgan fingerprint density at radius 1 is 1.40 bits per heavy atom. The number of fused-ring (bicyclic) bond motifs is 1. The lowest BCUT2D eigenvalue weighted by molar-refractivity contribution is -0.286. The normalized spacial score (nSPS) is 55.2. The lowest BCUT2D eigenvalue weighted by Crippen LogP contribution is -2.72. The molecule has 80 valence electrons. The van der Waals surface area contributed by atoms with E-state index in [4.69, 9.17) is 0 Å². The highest BCUT2D eigenvalue weighted by Gasteiger charge is 2.75. The minimum Gasteiger partial charge on any atom is -0.512 e. The average Bonchev–Trinajstić information content (AvgIpc) is 2.15. The molecule has 3 saturated carbocycles. The Kier molecular flexibility index (Phi) is 1.23. The summed E-state index contributed by atoms with van der Waals surface area (Å²) in [6, 6.07) is 0. The van der Waals surface area contributed by atoms with Gasteiger partial charge in [0.1, 0.15) is 0 Å². The predicted molar refractivity (Wildman–Crippen MR) is 59.3 cm³/mol. The van der Waals surface area contributed by atoms with E-state index in [0.29, 0.717) is 17.1 Å². The van der Waals surface area contributed by atoms with Gasteiger partial charge >= 0.3 is 0 Å². The SMILES string of the molecule is CC1=C(C)C2CC34CCC3C(C(O)=C1)C24.